The minimum atomic E-state index is -4.89. The Balaban J connectivity index is 0.000000263. The van der Waals surface area contributed by atoms with Gasteiger partial charge in [-0.1, -0.05) is 12.1 Å². The first-order chi connectivity index (χ1) is 18.9. The van der Waals surface area contributed by atoms with Crippen LogP contribution in [0, 0.1) is 6.92 Å². The lowest BCUT2D eigenvalue weighted by molar-refractivity contribution is -0.142. The maximum absolute atomic E-state index is 13.3. The van der Waals surface area contributed by atoms with E-state index in [9.17, 15) is 39.6 Å². The Labute approximate surface area is 231 Å². The number of aliphatic hydroxyl groups excluding tert-OH is 1. The molecule has 0 saturated heterocycles. The number of aromatic nitrogens is 4. The summed E-state index contributed by atoms with van der Waals surface area (Å²) in [5.74, 6) is -1.54. The minimum Gasteiger partial charge on any atom is -0.477 e. The van der Waals surface area contributed by atoms with Crippen molar-refractivity contribution in [3.63, 3.8) is 0 Å². The Hall–Kier alpha value is -3.81. The van der Waals surface area contributed by atoms with Gasteiger partial charge in [0, 0.05) is 19.2 Å². The molecule has 0 spiro atoms. The molecule has 0 fully saturated rings. The number of fused-ring (bicyclic) bond motifs is 1. The van der Waals surface area contributed by atoms with Crippen LogP contribution in [0.15, 0.2) is 40.7 Å². The van der Waals surface area contributed by atoms with E-state index in [4.69, 9.17) is 15.9 Å². The first kappa shape index (κ1) is 31.7. The van der Waals surface area contributed by atoms with Gasteiger partial charge < -0.3 is 20.9 Å². The lowest BCUT2D eigenvalue weighted by Crippen LogP contribution is -2.29. The summed E-state index contributed by atoms with van der Waals surface area (Å²) in [4.78, 5) is 18.7. The van der Waals surface area contributed by atoms with Crippen molar-refractivity contribution in [2.24, 2.45) is 0 Å². The number of halogens is 6. The number of nitrogens with one attached hydrogen (secondary N) is 1. The Morgan fingerprint density at radius 2 is 1.71 bits per heavy atom. The molecule has 0 aliphatic heterocycles. The lowest BCUT2D eigenvalue weighted by Gasteiger charge is -2.15. The van der Waals surface area contributed by atoms with Gasteiger partial charge in [-0.25, -0.2) is 22.7 Å². The third kappa shape index (κ3) is 6.92. The van der Waals surface area contributed by atoms with Crippen LogP contribution in [-0.4, -0.2) is 68.7 Å². The molecule has 41 heavy (non-hydrogen) atoms. The van der Waals surface area contributed by atoms with E-state index in [2.05, 4.69) is 15.1 Å². The number of carboxylic acid groups (broad SMARTS) is 1. The predicted octanol–water partition coefficient (Wildman–Crippen LogP) is 4.88. The number of aromatic carboxylic acids is 1. The molecule has 3 aromatic heterocycles. The number of hydrogen-bond acceptors (Lipinski definition) is 8. The molecule has 0 aliphatic rings. The van der Waals surface area contributed by atoms with Crippen LogP contribution in [0.1, 0.15) is 27.3 Å². The molecule has 0 unspecified atom stereocenters. The fourth-order valence-electron chi connectivity index (χ4n) is 3.32. The number of aliphatic hydroxyl groups is 1. The number of carbonyl (C=O) groups is 1. The quantitative estimate of drug-likeness (QED) is 0.287. The molecule has 4 rings (SSSR count). The third-order valence-electron chi connectivity index (χ3n) is 5.31. The molecule has 0 amide bonds. The van der Waals surface area contributed by atoms with Crippen molar-refractivity contribution < 1.29 is 49.8 Å². The summed E-state index contributed by atoms with van der Waals surface area (Å²) >= 11 is 0.820. The van der Waals surface area contributed by atoms with Crippen LogP contribution in [0.2, 0.25) is 0 Å². The van der Waals surface area contributed by atoms with E-state index in [0.29, 0.717) is 28.4 Å². The van der Waals surface area contributed by atoms with E-state index in [1.54, 1.807) is 6.92 Å². The summed E-state index contributed by atoms with van der Waals surface area (Å²) in [5, 5.41) is 21.1. The smallest absolute Gasteiger partial charge is 0.433 e. The number of hydrogen-bond donors (Lipinski definition) is 2. The molecule has 0 radical (unpaired) electrons. The molecule has 0 atom stereocenters. The van der Waals surface area contributed by atoms with Gasteiger partial charge in [-0.3, -0.25) is 0 Å². The summed E-state index contributed by atoms with van der Waals surface area (Å²) in [6, 6.07) is 3.90. The zero-order valence-corrected chi connectivity index (χ0v) is 22.5. The van der Waals surface area contributed by atoms with Crippen molar-refractivity contribution in [3.05, 3.63) is 64.8 Å². The molecule has 4 aromatic rings. The van der Waals surface area contributed by atoms with Gasteiger partial charge in [0.2, 0.25) is 0 Å². The topological polar surface area (TPSA) is 162 Å². The number of aryl methyl sites for hydroxylation is 1. The first-order valence-corrected chi connectivity index (χ1v) is 13.3. The number of rotatable bonds is 6. The van der Waals surface area contributed by atoms with Crippen molar-refractivity contribution in [1.29, 1.82) is 0 Å². The molecule has 222 valence electrons. The number of thiazole rings is 1. The van der Waals surface area contributed by atoms with Gasteiger partial charge in [0.1, 0.15) is 9.77 Å². The maximum Gasteiger partial charge on any atom is 0.433 e. The van der Waals surface area contributed by atoms with E-state index in [0.717, 1.165) is 34.0 Å². The first-order valence-electron chi connectivity index (χ1n) is 11.0. The van der Waals surface area contributed by atoms with Gasteiger partial charge in [0.15, 0.2) is 11.3 Å². The van der Waals surface area contributed by atoms with Gasteiger partial charge in [0.05, 0.1) is 24.1 Å². The fourth-order valence-corrected chi connectivity index (χ4v) is 5.93. The van der Waals surface area contributed by atoms with E-state index >= 15 is 0 Å². The van der Waals surface area contributed by atoms with Crippen molar-refractivity contribution in [2.75, 3.05) is 20.2 Å². The molecule has 3 N–H and O–H groups in total. The zero-order valence-electron chi connectivity index (χ0n) is 20.8. The summed E-state index contributed by atoms with van der Waals surface area (Å²) in [5.41, 5.74) is 3.80. The Kier molecular flexibility index (Phi) is 8.96. The summed E-state index contributed by atoms with van der Waals surface area (Å²) in [6.45, 7) is 1.35. The van der Waals surface area contributed by atoms with Crippen molar-refractivity contribution >= 4 is 38.1 Å². The predicted molar refractivity (Wildman–Crippen MR) is 133 cm³/mol. The van der Waals surface area contributed by atoms with Crippen LogP contribution in [0.25, 0.3) is 22.6 Å². The SMILES string of the molecule is Cc1nc([NH-])sc1S(=O)(=O)N(C)CCO.O=C(O)c1cnn2c(C(F)(F)F)cc(-c3ccc(C(F)(F)F)cc3)nc12. The number of sulfonamides is 1. The zero-order chi connectivity index (χ0) is 30.9. The van der Waals surface area contributed by atoms with Gasteiger partial charge in [-0.15, -0.1) is 11.3 Å². The molecule has 19 heteroatoms. The molecular formula is C22H19F6N6O5S2-. The average Bonchev–Trinajstić information content (AvgIpc) is 3.45. The summed E-state index contributed by atoms with van der Waals surface area (Å²) in [7, 11) is -2.22. The number of benzene rings is 1. The highest BCUT2D eigenvalue weighted by atomic mass is 32.2. The third-order valence-corrected chi connectivity index (χ3v) is 8.73. The minimum absolute atomic E-state index is 0.0246. The normalized spacial score (nSPS) is 12.4. The second-order valence-electron chi connectivity index (χ2n) is 8.14. The largest absolute Gasteiger partial charge is 0.477 e. The highest BCUT2D eigenvalue weighted by Gasteiger charge is 2.36. The van der Waals surface area contributed by atoms with Crippen LogP contribution in [0.4, 0.5) is 31.5 Å². The number of nitrogens with zero attached hydrogens (tertiary/aromatic N) is 5. The van der Waals surface area contributed by atoms with Crippen LogP contribution in [0.3, 0.4) is 0 Å². The van der Waals surface area contributed by atoms with Crippen LogP contribution in [0.5, 0.6) is 0 Å². The van der Waals surface area contributed by atoms with Crippen LogP contribution < -0.4 is 0 Å². The van der Waals surface area contributed by atoms with E-state index in [1.165, 1.54) is 7.05 Å². The van der Waals surface area contributed by atoms with Crippen molar-refractivity contribution in [2.45, 2.75) is 23.5 Å². The van der Waals surface area contributed by atoms with E-state index in [-0.39, 0.29) is 33.7 Å². The average molecular weight is 626 g/mol. The molecule has 0 aliphatic carbocycles. The van der Waals surface area contributed by atoms with E-state index < -0.39 is 50.8 Å². The lowest BCUT2D eigenvalue weighted by atomic mass is 10.1. The Bertz CT molecular complexity index is 1670. The molecule has 1 aromatic carbocycles. The van der Waals surface area contributed by atoms with Crippen LogP contribution >= 0.6 is 11.3 Å². The number of carboxylic acids is 1. The van der Waals surface area contributed by atoms with Crippen molar-refractivity contribution in [3.8, 4) is 11.3 Å². The molecule has 0 saturated carbocycles. The standard InChI is InChI=1S/C15H7F6N3O2.C7H12N3O3S2/c16-14(17,18)8-3-1-7(2-4-8)10-5-11(15(19,20)21)24-12(23-10)9(6-22-24)13(25)26;1-5-6(14-7(8)9-5)15(12,13)10(2)3-4-11/h1-6H,(H,25,26);11H,3-4H2,1-2H3,(H-,8,9)/q;-1. The molecule has 0 bridgehead atoms. The molecule has 3 heterocycles. The fraction of sp³-hybridized carbons (Fsp3) is 0.273. The highest BCUT2D eigenvalue weighted by Crippen LogP contribution is 2.34. The number of likely N-dealkylation sites (N-methyl/N-ethyl adjacent to an activating group) is 1. The van der Waals surface area contributed by atoms with Gasteiger partial charge >= 0.3 is 18.3 Å². The van der Waals surface area contributed by atoms with Gasteiger partial charge in [-0.2, -0.15) is 35.7 Å². The Morgan fingerprint density at radius 1 is 1.10 bits per heavy atom. The monoisotopic (exact) mass is 625 g/mol. The molecule has 11 nitrogen and oxygen atoms in total. The number of alkyl halides is 6. The Morgan fingerprint density at radius 3 is 2.17 bits per heavy atom. The second-order valence-corrected chi connectivity index (χ2v) is 11.4. The summed E-state index contributed by atoms with van der Waals surface area (Å²) < 4.78 is 103. The molecular weight excluding hydrogens is 606 g/mol. The van der Waals surface area contributed by atoms with Crippen molar-refractivity contribution in [1.82, 2.24) is 23.9 Å². The van der Waals surface area contributed by atoms with Gasteiger partial charge in [-0.05, 0) is 35.9 Å². The van der Waals surface area contributed by atoms with Gasteiger partial charge in [0.25, 0.3) is 10.0 Å². The highest BCUT2D eigenvalue weighted by molar-refractivity contribution is 7.91. The van der Waals surface area contributed by atoms with Crippen LogP contribution in [-0.2, 0) is 22.4 Å². The van der Waals surface area contributed by atoms with E-state index in [1.807, 2.05) is 0 Å². The maximum atomic E-state index is 13.3. The second kappa shape index (κ2) is 11.6. The summed E-state index contributed by atoms with van der Waals surface area (Å²) in [6.07, 6.45) is -8.77.